The van der Waals surface area contributed by atoms with Crippen LogP contribution in [0.5, 0.6) is 0 Å². The molecule has 0 atom stereocenters. The van der Waals surface area contributed by atoms with E-state index in [0.717, 1.165) is 16.5 Å². The number of fused-ring (bicyclic) bond motifs is 1. The lowest BCUT2D eigenvalue weighted by molar-refractivity contribution is 0.0992. The topological polar surface area (TPSA) is 51.5 Å². The molecule has 5 heteroatoms. The smallest absolute Gasteiger partial charge is 0.291 e. The average molecular weight is 330 g/mol. The molecule has 0 radical (unpaired) electrons. The monoisotopic (exact) mass is 329 g/mol. The highest BCUT2D eigenvalue weighted by atomic mass is 35.5. The molecule has 1 amide bonds. The first-order valence-corrected chi connectivity index (χ1v) is 7.55. The zero-order valence-electron chi connectivity index (χ0n) is 12.9. The molecule has 1 N–H and O–H groups in total. The first-order valence-electron chi connectivity index (χ1n) is 7.17. The second kappa shape index (κ2) is 6.44. The number of ether oxygens (including phenoxy) is 1. The lowest BCUT2D eigenvalue weighted by atomic mass is 10.1. The fourth-order valence-corrected chi connectivity index (χ4v) is 2.61. The molecule has 3 aromatic rings. The molecule has 3 rings (SSSR count). The predicted molar refractivity (Wildman–Crippen MR) is 91.1 cm³/mol. The number of hydrogen-bond acceptors (Lipinski definition) is 3. The van der Waals surface area contributed by atoms with E-state index >= 15 is 0 Å². The molecule has 0 aliphatic rings. The van der Waals surface area contributed by atoms with Crippen LogP contribution in [0.2, 0.25) is 5.02 Å². The van der Waals surface area contributed by atoms with Crippen molar-refractivity contribution in [2.45, 2.75) is 13.5 Å². The van der Waals surface area contributed by atoms with Crippen LogP contribution in [0.1, 0.15) is 21.7 Å². The molecule has 0 bridgehead atoms. The van der Waals surface area contributed by atoms with Gasteiger partial charge in [-0.1, -0.05) is 35.9 Å². The van der Waals surface area contributed by atoms with E-state index in [1.807, 2.05) is 37.3 Å². The molecule has 1 aromatic heterocycles. The van der Waals surface area contributed by atoms with Gasteiger partial charge in [-0.3, -0.25) is 4.79 Å². The van der Waals surface area contributed by atoms with Gasteiger partial charge in [0.15, 0.2) is 5.76 Å². The predicted octanol–water partition coefficient (Wildman–Crippen LogP) is 4.79. The van der Waals surface area contributed by atoms with Crippen LogP contribution in [-0.4, -0.2) is 13.0 Å². The van der Waals surface area contributed by atoms with Gasteiger partial charge >= 0.3 is 0 Å². The third kappa shape index (κ3) is 3.09. The van der Waals surface area contributed by atoms with Gasteiger partial charge in [-0.05, 0) is 30.7 Å². The zero-order chi connectivity index (χ0) is 16.4. The van der Waals surface area contributed by atoms with E-state index < -0.39 is 0 Å². The Morgan fingerprint density at radius 2 is 2.04 bits per heavy atom. The van der Waals surface area contributed by atoms with Gasteiger partial charge in [-0.2, -0.15) is 0 Å². The van der Waals surface area contributed by atoms with E-state index in [-0.39, 0.29) is 11.7 Å². The van der Waals surface area contributed by atoms with Crippen molar-refractivity contribution in [3.05, 3.63) is 64.4 Å². The minimum atomic E-state index is -0.326. The molecule has 0 aliphatic heterocycles. The second-order valence-corrected chi connectivity index (χ2v) is 5.66. The number of amides is 1. The third-order valence-electron chi connectivity index (χ3n) is 3.62. The largest absolute Gasteiger partial charge is 0.451 e. The van der Waals surface area contributed by atoms with Crippen LogP contribution < -0.4 is 5.32 Å². The number of carbonyl (C=O) groups excluding carboxylic acids is 1. The summed E-state index contributed by atoms with van der Waals surface area (Å²) >= 11 is 6.09. The van der Waals surface area contributed by atoms with Crippen LogP contribution in [0.3, 0.4) is 0 Å². The molecule has 2 aromatic carbocycles. The van der Waals surface area contributed by atoms with Gasteiger partial charge in [0.2, 0.25) is 0 Å². The maximum Gasteiger partial charge on any atom is 0.291 e. The van der Waals surface area contributed by atoms with Gasteiger partial charge in [0.05, 0.1) is 6.61 Å². The lowest BCUT2D eigenvalue weighted by Crippen LogP contribution is -2.13. The minimum absolute atomic E-state index is 0.254. The molecule has 4 nitrogen and oxygen atoms in total. The number of methoxy groups -OCH3 is 1. The number of halogens is 1. The van der Waals surface area contributed by atoms with Gasteiger partial charge in [-0.15, -0.1) is 0 Å². The van der Waals surface area contributed by atoms with Crippen molar-refractivity contribution in [2.75, 3.05) is 12.4 Å². The quantitative estimate of drug-likeness (QED) is 0.748. The van der Waals surface area contributed by atoms with Crippen LogP contribution in [0, 0.1) is 6.92 Å². The fourth-order valence-electron chi connectivity index (χ4n) is 2.43. The van der Waals surface area contributed by atoms with Crippen LogP contribution in [-0.2, 0) is 11.3 Å². The molecule has 23 heavy (non-hydrogen) atoms. The summed E-state index contributed by atoms with van der Waals surface area (Å²) in [5, 5.41) is 4.29. The number of nitrogens with one attached hydrogen (secondary N) is 1. The Bertz CT molecular complexity index is 870. The number of benzene rings is 2. The summed E-state index contributed by atoms with van der Waals surface area (Å²) in [6, 6.07) is 12.9. The molecule has 0 aliphatic carbocycles. The van der Waals surface area contributed by atoms with Crippen molar-refractivity contribution < 1.29 is 13.9 Å². The normalized spacial score (nSPS) is 10.9. The Hall–Kier alpha value is -2.30. The van der Waals surface area contributed by atoms with E-state index in [0.29, 0.717) is 22.9 Å². The summed E-state index contributed by atoms with van der Waals surface area (Å²) in [7, 11) is 1.59. The van der Waals surface area contributed by atoms with E-state index in [4.69, 9.17) is 20.8 Å². The molecule has 1 heterocycles. The summed E-state index contributed by atoms with van der Waals surface area (Å²) in [5.41, 5.74) is 2.97. The summed E-state index contributed by atoms with van der Waals surface area (Å²) in [4.78, 5) is 12.6. The first-order chi connectivity index (χ1) is 11.1. The second-order valence-electron chi connectivity index (χ2n) is 5.26. The molecule has 0 fully saturated rings. The van der Waals surface area contributed by atoms with Crippen LogP contribution in [0.25, 0.3) is 11.0 Å². The summed E-state index contributed by atoms with van der Waals surface area (Å²) < 4.78 is 10.9. The Morgan fingerprint density at radius 3 is 2.78 bits per heavy atom. The van der Waals surface area contributed by atoms with E-state index in [1.54, 1.807) is 19.2 Å². The van der Waals surface area contributed by atoms with Gasteiger partial charge in [0.1, 0.15) is 5.58 Å². The molecule has 118 valence electrons. The first kappa shape index (κ1) is 15.6. The van der Waals surface area contributed by atoms with Crippen molar-refractivity contribution in [3.8, 4) is 0 Å². The molecule has 0 saturated heterocycles. The highest BCUT2D eigenvalue weighted by Gasteiger charge is 2.20. The Labute approximate surface area is 139 Å². The van der Waals surface area contributed by atoms with Crippen molar-refractivity contribution in [1.82, 2.24) is 0 Å². The summed E-state index contributed by atoms with van der Waals surface area (Å²) in [6.45, 7) is 2.21. The summed E-state index contributed by atoms with van der Waals surface area (Å²) in [6.07, 6.45) is 0. The lowest BCUT2D eigenvalue weighted by Gasteiger charge is -2.06. The molecular formula is C18H16ClNO3. The van der Waals surface area contributed by atoms with Crippen molar-refractivity contribution in [1.29, 1.82) is 0 Å². The van der Waals surface area contributed by atoms with Crippen molar-refractivity contribution >= 4 is 34.2 Å². The summed E-state index contributed by atoms with van der Waals surface area (Å²) in [5.74, 6) is -0.0714. The Balaban J connectivity index is 1.96. The van der Waals surface area contributed by atoms with Crippen LogP contribution in [0.4, 0.5) is 5.69 Å². The number of carbonyl (C=O) groups is 1. The average Bonchev–Trinajstić information content (AvgIpc) is 2.90. The zero-order valence-corrected chi connectivity index (χ0v) is 13.6. The Kier molecular flexibility index (Phi) is 4.37. The SMILES string of the molecule is COCc1c(C(=O)Nc2ccc(C)c(Cl)c2)oc2ccccc12. The van der Waals surface area contributed by atoms with Gasteiger partial charge in [0.25, 0.3) is 5.91 Å². The highest BCUT2D eigenvalue weighted by Crippen LogP contribution is 2.28. The number of furan rings is 1. The maximum atomic E-state index is 12.6. The van der Waals surface area contributed by atoms with E-state index in [9.17, 15) is 4.79 Å². The maximum absolute atomic E-state index is 12.6. The van der Waals surface area contributed by atoms with Gasteiger partial charge in [-0.25, -0.2) is 0 Å². The van der Waals surface area contributed by atoms with Crippen LogP contribution >= 0.6 is 11.6 Å². The number of rotatable bonds is 4. The number of anilines is 1. The molecule has 0 unspecified atom stereocenters. The van der Waals surface area contributed by atoms with E-state index in [1.165, 1.54) is 0 Å². The van der Waals surface area contributed by atoms with E-state index in [2.05, 4.69) is 5.32 Å². The third-order valence-corrected chi connectivity index (χ3v) is 4.03. The Morgan fingerprint density at radius 1 is 1.26 bits per heavy atom. The van der Waals surface area contributed by atoms with Gasteiger partial charge in [0, 0.05) is 28.8 Å². The number of para-hydroxylation sites is 1. The van der Waals surface area contributed by atoms with Crippen molar-refractivity contribution in [2.24, 2.45) is 0 Å². The fraction of sp³-hybridized carbons (Fsp3) is 0.167. The highest BCUT2D eigenvalue weighted by molar-refractivity contribution is 6.31. The molecular weight excluding hydrogens is 314 g/mol. The number of aryl methyl sites for hydroxylation is 1. The van der Waals surface area contributed by atoms with Crippen LogP contribution in [0.15, 0.2) is 46.9 Å². The van der Waals surface area contributed by atoms with Crippen molar-refractivity contribution in [3.63, 3.8) is 0 Å². The standard InChI is InChI=1S/C18H16ClNO3/c1-11-7-8-12(9-15(11)19)20-18(21)17-14(10-22-2)13-5-3-4-6-16(13)23-17/h3-9H,10H2,1-2H3,(H,20,21). The minimum Gasteiger partial charge on any atom is -0.451 e. The molecule has 0 spiro atoms. The van der Waals surface area contributed by atoms with Gasteiger partial charge < -0.3 is 14.5 Å². The molecule has 0 saturated carbocycles. The number of hydrogen-bond donors (Lipinski definition) is 1.